The van der Waals surface area contributed by atoms with E-state index in [0.717, 1.165) is 17.7 Å². The molecule has 0 aromatic heterocycles. The second kappa shape index (κ2) is 7.27. The Bertz CT molecular complexity index is 759. The summed E-state index contributed by atoms with van der Waals surface area (Å²) in [6.45, 7) is 1.38. The molecule has 3 nitrogen and oxygen atoms in total. The molecule has 1 fully saturated rings. The van der Waals surface area contributed by atoms with E-state index in [-0.39, 0.29) is 12.0 Å². The topological polar surface area (TPSA) is 38.3 Å². The molecule has 1 saturated heterocycles. The van der Waals surface area contributed by atoms with Crippen molar-refractivity contribution in [2.24, 2.45) is 0 Å². The van der Waals surface area contributed by atoms with E-state index in [1.807, 2.05) is 30.3 Å². The minimum Gasteiger partial charge on any atom is -0.381 e. The fourth-order valence-corrected chi connectivity index (χ4v) is 3.17. The minimum absolute atomic E-state index is 0.262. The zero-order chi connectivity index (χ0) is 17.9. The van der Waals surface area contributed by atoms with Crippen molar-refractivity contribution in [3.8, 4) is 0 Å². The van der Waals surface area contributed by atoms with E-state index in [1.165, 1.54) is 0 Å². The molecule has 25 heavy (non-hydrogen) atoms. The molecule has 0 saturated carbocycles. The number of ether oxygens (including phenoxy) is 1. The number of hydrogen-bond acceptors (Lipinski definition) is 2. The number of hydrogen-bond donors (Lipinski definition) is 1. The van der Waals surface area contributed by atoms with E-state index in [9.17, 15) is 18.0 Å². The van der Waals surface area contributed by atoms with Gasteiger partial charge in [0.2, 0.25) is 0 Å². The third-order valence-electron chi connectivity index (χ3n) is 4.70. The van der Waals surface area contributed by atoms with Crippen LogP contribution >= 0.6 is 0 Å². The van der Waals surface area contributed by atoms with Gasteiger partial charge in [-0.2, -0.15) is 0 Å². The number of nitrogens with one attached hydrogen (secondary N) is 1. The maximum Gasteiger partial charge on any atom is 0.254 e. The van der Waals surface area contributed by atoms with Crippen LogP contribution in [0.3, 0.4) is 0 Å². The number of benzene rings is 2. The molecule has 0 radical (unpaired) electrons. The molecule has 132 valence electrons. The Labute approximate surface area is 143 Å². The SMILES string of the molecule is O=C(NCC1(c2ccccc2)CCOCC1)c1ccc(F)c(F)c1F. The Morgan fingerprint density at radius 2 is 1.68 bits per heavy atom. The van der Waals surface area contributed by atoms with Gasteiger partial charge in [-0.25, -0.2) is 13.2 Å². The van der Waals surface area contributed by atoms with Crippen molar-refractivity contribution in [3.05, 3.63) is 71.0 Å². The predicted octanol–water partition coefficient (Wildman–Crippen LogP) is 3.58. The van der Waals surface area contributed by atoms with Gasteiger partial charge in [0.15, 0.2) is 17.5 Å². The van der Waals surface area contributed by atoms with Gasteiger partial charge in [0.1, 0.15) is 0 Å². The van der Waals surface area contributed by atoms with Gasteiger partial charge in [0.05, 0.1) is 5.56 Å². The highest BCUT2D eigenvalue weighted by Gasteiger charge is 2.35. The van der Waals surface area contributed by atoms with Gasteiger partial charge < -0.3 is 10.1 Å². The van der Waals surface area contributed by atoms with E-state index >= 15 is 0 Å². The van der Waals surface area contributed by atoms with Crippen molar-refractivity contribution in [1.29, 1.82) is 0 Å². The molecule has 1 aliphatic heterocycles. The van der Waals surface area contributed by atoms with Crippen LogP contribution in [0.5, 0.6) is 0 Å². The van der Waals surface area contributed by atoms with Gasteiger partial charge in [-0.15, -0.1) is 0 Å². The summed E-state index contributed by atoms with van der Waals surface area (Å²) in [6, 6.07) is 11.4. The standard InChI is InChI=1S/C19H18F3NO2/c20-15-7-6-14(16(21)17(15)22)18(24)23-12-19(8-10-25-11-9-19)13-4-2-1-3-5-13/h1-7H,8-12H2,(H,23,24). The molecular formula is C19H18F3NO2. The van der Waals surface area contributed by atoms with Crippen LogP contribution in [0.25, 0.3) is 0 Å². The molecule has 3 rings (SSSR count). The van der Waals surface area contributed by atoms with E-state index in [1.54, 1.807) is 0 Å². The lowest BCUT2D eigenvalue weighted by Crippen LogP contribution is -2.44. The average Bonchev–Trinajstić information content (AvgIpc) is 2.66. The first-order valence-electron chi connectivity index (χ1n) is 8.08. The van der Waals surface area contributed by atoms with E-state index < -0.39 is 28.9 Å². The van der Waals surface area contributed by atoms with Crippen molar-refractivity contribution >= 4 is 5.91 Å². The zero-order valence-electron chi connectivity index (χ0n) is 13.5. The molecule has 0 aliphatic carbocycles. The van der Waals surface area contributed by atoms with E-state index in [2.05, 4.69) is 5.32 Å². The van der Waals surface area contributed by atoms with Crippen molar-refractivity contribution in [2.45, 2.75) is 18.3 Å². The molecule has 2 aromatic rings. The predicted molar refractivity (Wildman–Crippen MR) is 86.8 cm³/mol. The Morgan fingerprint density at radius 1 is 1.00 bits per heavy atom. The summed E-state index contributed by atoms with van der Waals surface area (Å²) in [5.74, 6) is -5.20. The number of carbonyl (C=O) groups excluding carboxylic acids is 1. The summed E-state index contributed by atoms with van der Waals surface area (Å²) in [5.41, 5.74) is 0.225. The van der Waals surface area contributed by atoms with Crippen LogP contribution in [0.1, 0.15) is 28.8 Å². The number of amides is 1. The third-order valence-corrected chi connectivity index (χ3v) is 4.70. The molecule has 6 heteroatoms. The highest BCUT2D eigenvalue weighted by molar-refractivity contribution is 5.94. The van der Waals surface area contributed by atoms with Crippen LogP contribution < -0.4 is 5.32 Å². The molecule has 0 spiro atoms. The number of carbonyl (C=O) groups is 1. The first-order chi connectivity index (χ1) is 12.0. The van der Waals surface area contributed by atoms with Crippen LogP contribution in [0, 0.1) is 17.5 Å². The second-order valence-electron chi connectivity index (χ2n) is 6.16. The maximum atomic E-state index is 13.8. The third kappa shape index (κ3) is 3.54. The van der Waals surface area contributed by atoms with Crippen molar-refractivity contribution < 1.29 is 22.7 Å². The molecule has 1 N–H and O–H groups in total. The Kier molecular flexibility index (Phi) is 5.08. The van der Waals surface area contributed by atoms with Crippen molar-refractivity contribution in [3.63, 3.8) is 0 Å². The molecule has 0 bridgehead atoms. The number of halogens is 3. The lowest BCUT2D eigenvalue weighted by atomic mass is 9.74. The van der Waals surface area contributed by atoms with Crippen molar-refractivity contribution in [2.75, 3.05) is 19.8 Å². The lowest BCUT2D eigenvalue weighted by molar-refractivity contribution is 0.0486. The van der Waals surface area contributed by atoms with Gasteiger partial charge >= 0.3 is 0 Å². The Morgan fingerprint density at radius 3 is 2.36 bits per heavy atom. The van der Waals surface area contributed by atoms with Crippen LogP contribution in [-0.4, -0.2) is 25.7 Å². The first kappa shape index (κ1) is 17.5. The van der Waals surface area contributed by atoms with Gasteiger partial charge in [-0.05, 0) is 30.5 Å². The summed E-state index contributed by atoms with van der Waals surface area (Å²) < 4.78 is 45.6. The molecule has 0 unspecified atom stereocenters. The zero-order valence-corrected chi connectivity index (χ0v) is 13.5. The molecular weight excluding hydrogens is 331 g/mol. The van der Waals surface area contributed by atoms with E-state index in [4.69, 9.17) is 4.74 Å². The molecule has 1 heterocycles. The van der Waals surface area contributed by atoms with Gasteiger partial charge in [0.25, 0.3) is 5.91 Å². The van der Waals surface area contributed by atoms with Gasteiger partial charge in [0, 0.05) is 25.2 Å². The van der Waals surface area contributed by atoms with E-state index in [0.29, 0.717) is 26.1 Å². The smallest absolute Gasteiger partial charge is 0.254 e. The second-order valence-corrected chi connectivity index (χ2v) is 6.16. The fourth-order valence-electron chi connectivity index (χ4n) is 3.17. The Balaban J connectivity index is 1.80. The fraction of sp³-hybridized carbons (Fsp3) is 0.316. The monoisotopic (exact) mass is 349 g/mol. The van der Waals surface area contributed by atoms with Crippen LogP contribution in [-0.2, 0) is 10.2 Å². The number of rotatable bonds is 4. The Hall–Kier alpha value is -2.34. The first-order valence-corrected chi connectivity index (χ1v) is 8.08. The average molecular weight is 349 g/mol. The largest absolute Gasteiger partial charge is 0.381 e. The summed E-state index contributed by atoms with van der Waals surface area (Å²) in [7, 11) is 0. The van der Waals surface area contributed by atoms with Crippen LogP contribution in [0.15, 0.2) is 42.5 Å². The molecule has 2 aromatic carbocycles. The molecule has 1 aliphatic rings. The highest BCUT2D eigenvalue weighted by Crippen LogP contribution is 2.34. The summed E-state index contributed by atoms with van der Waals surface area (Å²) in [5, 5.41) is 2.67. The van der Waals surface area contributed by atoms with Gasteiger partial charge in [-0.3, -0.25) is 4.79 Å². The maximum absolute atomic E-state index is 13.8. The summed E-state index contributed by atoms with van der Waals surface area (Å²) in [6.07, 6.45) is 1.41. The summed E-state index contributed by atoms with van der Waals surface area (Å²) >= 11 is 0. The van der Waals surface area contributed by atoms with Crippen LogP contribution in [0.2, 0.25) is 0 Å². The lowest BCUT2D eigenvalue weighted by Gasteiger charge is -2.38. The summed E-state index contributed by atoms with van der Waals surface area (Å²) in [4.78, 5) is 12.3. The molecule has 1 amide bonds. The quantitative estimate of drug-likeness (QED) is 0.857. The van der Waals surface area contributed by atoms with Gasteiger partial charge in [-0.1, -0.05) is 30.3 Å². The molecule has 0 atom stereocenters. The normalized spacial score (nSPS) is 16.4. The minimum atomic E-state index is -1.64. The van der Waals surface area contributed by atoms with Crippen LogP contribution in [0.4, 0.5) is 13.2 Å². The van der Waals surface area contributed by atoms with Crippen molar-refractivity contribution in [1.82, 2.24) is 5.32 Å². The highest BCUT2D eigenvalue weighted by atomic mass is 19.2.